The third-order valence-corrected chi connectivity index (χ3v) is 4.72. The van der Waals surface area contributed by atoms with Crippen LogP contribution in [0.3, 0.4) is 0 Å². The van der Waals surface area contributed by atoms with Crippen LogP contribution in [0.1, 0.15) is 15.2 Å². The van der Waals surface area contributed by atoms with Crippen molar-refractivity contribution in [1.29, 1.82) is 0 Å². The monoisotopic (exact) mass is 319 g/mol. The average Bonchev–Trinajstić information content (AvgIpc) is 2.80. The molecule has 1 aliphatic rings. The Bertz CT molecular complexity index is 434. The lowest BCUT2D eigenvalue weighted by molar-refractivity contribution is 0.0763. The summed E-state index contributed by atoms with van der Waals surface area (Å²) in [6.45, 7) is 2.57. The first kappa shape index (κ1) is 13.0. The van der Waals surface area contributed by atoms with Crippen molar-refractivity contribution in [3.63, 3.8) is 0 Å². The quantitative estimate of drug-likeness (QED) is 0.862. The van der Waals surface area contributed by atoms with E-state index in [0.717, 1.165) is 8.66 Å². The lowest BCUT2D eigenvalue weighted by atomic mass is 10.1. The van der Waals surface area contributed by atoms with Crippen LogP contribution in [0.15, 0.2) is 9.85 Å². The number of nitrogens with zero attached hydrogens (tertiary/aromatic N) is 1. The van der Waals surface area contributed by atoms with Crippen LogP contribution in [-0.4, -0.2) is 46.8 Å². The Morgan fingerprint density at radius 2 is 2.35 bits per heavy atom. The van der Waals surface area contributed by atoms with Gasteiger partial charge in [0.2, 0.25) is 0 Å². The van der Waals surface area contributed by atoms with Gasteiger partial charge >= 0.3 is 0 Å². The van der Waals surface area contributed by atoms with Gasteiger partial charge in [0.25, 0.3) is 5.91 Å². The highest BCUT2D eigenvalue weighted by atomic mass is 79.9. The number of carbonyl (C=O) groups excluding carboxylic acids is 1. The standard InChI is InChI=1S/C11H14BrNO3S/c1-6-2-8(10(12)17-6)11(16)13-3-7(5-14)9(15)4-13/h2,7,9,14-15H,3-5H2,1H3. The zero-order valence-electron chi connectivity index (χ0n) is 9.39. The number of likely N-dealkylation sites (tertiary alicyclic amines) is 1. The second kappa shape index (κ2) is 5.06. The molecule has 2 unspecified atom stereocenters. The van der Waals surface area contributed by atoms with Gasteiger partial charge in [0.15, 0.2) is 0 Å². The number of thiophene rings is 1. The molecule has 2 N–H and O–H groups in total. The molecule has 0 aliphatic carbocycles. The van der Waals surface area contributed by atoms with Crippen molar-refractivity contribution in [2.45, 2.75) is 13.0 Å². The number of aliphatic hydroxyl groups excluding tert-OH is 2. The van der Waals surface area contributed by atoms with Gasteiger partial charge in [-0.1, -0.05) is 0 Å². The summed E-state index contributed by atoms with van der Waals surface area (Å²) in [6.07, 6.45) is -0.623. The van der Waals surface area contributed by atoms with Crippen molar-refractivity contribution >= 4 is 33.2 Å². The molecule has 0 spiro atoms. The molecule has 1 aliphatic heterocycles. The maximum absolute atomic E-state index is 12.2. The summed E-state index contributed by atoms with van der Waals surface area (Å²) >= 11 is 4.89. The van der Waals surface area contributed by atoms with E-state index in [2.05, 4.69) is 15.9 Å². The van der Waals surface area contributed by atoms with Gasteiger partial charge in [-0.25, -0.2) is 0 Å². The van der Waals surface area contributed by atoms with Crippen molar-refractivity contribution in [2.75, 3.05) is 19.7 Å². The van der Waals surface area contributed by atoms with Crippen LogP contribution in [0.2, 0.25) is 0 Å². The maximum Gasteiger partial charge on any atom is 0.255 e. The van der Waals surface area contributed by atoms with Crippen molar-refractivity contribution in [1.82, 2.24) is 4.90 Å². The smallest absolute Gasteiger partial charge is 0.255 e. The predicted molar refractivity (Wildman–Crippen MR) is 69.2 cm³/mol. The van der Waals surface area contributed by atoms with Crippen molar-refractivity contribution in [2.24, 2.45) is 5.92 Å². The SMILES string of the molecule is Cc1cc(C(=O)N2CC(O)C(CO)C2)c(Br)s1. The summed E-state index contributed by atoms with van der Waals surface area (Å²) in [6, 6.07) is 1.84. The van der Waals surface area contributed by atoms with Gasteiger partial charge in [-0.3, -0.25) is 4.79 Å². The Morgan fingerprint density at radius 1 is 1.65 bits per heavy atom. The molecular weight excluding hydrogens is 306 g/mol. The molecule has 1 aromatic heterocycles. The van der Waals surface area contributed by atoms with E-state index in [1.165, 1.54) is 11.3 Å². The van der Waals surface area contributed by atoms with Gasteiger partial charge in [0, 0.05) is 23.9 Å². The molecule has 4 nitrogen and oxygen atoms in total. The largest absolute Gasteiger partial charge is 0.396 e. The van der Waals surface area contributed by atoms with Gasteiger partial charge < -0.3 is 15.1 Å². The third-order valence-electron chi connectivity index (χ3n) is 2.97. The van der Waals surface area contributed by atoms with Gasteiger partial charge in [-0.05, 0) is 28.9 Å². The molecule has 17 heavy (non-hydrogen) atoms. The molecular formula is C11H14BrNO3S. The molecule has 1 fully saturated rings. The van der Waals surface area contributed by atoms with Gasteiger partial charge in [0.05, 0.1) is 22.1 Å². The van der Waals surface area contributed by atoms with Gasteiger partial charge in [0.1, 0.15) is 0 Å². The van der Waals surface area contributed by atoms with Gasteiger partial charge in [-0.2, -0.15) is 0 Å². The van der Waals surface area contributed by atoms with Crippen molar-refractivity contribution < 1.29 is 15.0 Å². The predicted octanol–water partition coefficient (Wildman–Crippen LogP) is 1.24. The molecule has 2 heterocycles. The average molecular weight is 320 g/mol. The minimum absolute atomic E-state index is 0.0868. The van der Waals surface area contributed by atoms with E-state index in [1.807, 2.05) is 13.0 Å². The summed E-state index contributed by atoms with van der Waals surface area (Å²) in [5.41, 5.74) is 0.637. The lowest BCUT2D eigenvalue weighted by Gasteiger charge is -2.15. The molecule has 0 radical (unpaired) electrons. The summed E-state index contributed by atoms with van der Waals surface area (Å²) in [4.78, 5) is 14.9. The molecule has 6 heteroatoms. The summed E-state index contributed by atoms with van der Waals surface area (Å²) in [5.74, 6) is -0.311. The van der Waals surface area contributed by atoms with E-state index in [-0.39, 0.29) is 18.4 Å². The number of aliphatic hydroxyl groups is 2. The molecule has 1 saturated heterocycles. The zero-order valence-corrected chi connectivity index (χ0v) is 11.8. The fourth-order valence-electron chi connectivity index (χ4n) is 2.00. The number of rotatable bonds is 2. The van der Waals surface area contributed by atoms with E-state index in [9.17, 15) is 9.90 Å². The molecule has 1 amide bonds. The number of halogens is 1. The third kappa shape index (κ3) is 2.54. The Kier molecular flexibility index (Phi) is 3.87. The second-order valence-electron chi connectivity index (χ2n) is 4.26. The maximum atomic E-state index is 12.2. The first-order valence-corrected chi connectivity index (χ1v) is 6.98. The molecule has 1 aromatic rings. The molecule has 0 saturated carbocycles. The van der Waals surface area contributed by atoms with Crippen LogP contribution in [0.4, 0.5) is 0 Å². The van der Waals surface area contributed by atoms with Crippen LogP contribution in [0, 0.1) is 12.8 Å². The normalized spacial score (nSPS) is 24.4. The Hall–Kier alpha value is -0.430. The molecule has 2 rings (SSSR count). The zero-order chi connectivity index (χ0) is 12.6. The first-order valence-electron chi connectivity index (χ1n) is 5.37. The van der Waals surface area contributed by atoms with E-state index < -0.39 is 6.10 Å². The molecule has 2 atom stereocenters. The van der Waals surface area contributed by atoms with Crippen LogP contribution in [0.25, 0.3) is 0 Å². The number of β-amino-alcohol motifs (C(OH)–C–C–N with tert-alkyl or cyclic N) is 1. The highest BCUT2D eigenvalue weighted by Gasteiger charge is 2.34. The fraction of sp³-hybridized carbons (Fsp3) is 0.545. The summed E-state index contributed by atoms with van der Waals surface area (Å²) < 4.78 is 0.821. The summed E-state index contributed by atoms with van der Waals surface area (Å²) in [7, 11) is 0. The minimum atomic E-state index is -0.623. The number of carbonyl (C=O) groups is 1. The van der Waals surface area contributed by atoms with E-state index in [4.69, 9.17) is 5.11 Å². The first-order chi connectivity index (χ1) is 8.02. The highest BCUT2D eigenvalue weighted by Crippen LogP contribution is 2.30. The summed E-state index contributed by atoms with van der Waals surface area (Å²) in [5, 5.41) is 18.7. The van der Waals surface area contributed by atoms with Crippen LogP contribution < -0.4 is 0 Å². The molecule has 0 aromatic carbocycles. The van der Waals surface area contributed by atoms with Crippen LogP contribution >= 0.6 is 27.3 Å². The number of aryl methyl sites for hydroxylation is 1. The van der Waals surface area contributed by atoms with Crippen LogP contribution in [-0.2, 0) is 0 Å². The fourth-order valence-corrected chi connectivity index (χ4v) is 3.77. The highest BCUT2D eigenvalue weighted by molar-refractivity contribution is 9.11. The van der Waals surface area contributed by atoms with Crippen molar-refractivity contribution in [3.05, 3.63) is 20.3 Å². The Morgan fingerprint density at radius 3 is 2.82 bits per heavy atom. The molecule has 94 valence electrons. The second-order valence-corrected chi connectivity index (χ2v) is 6.84. The van der Waals surface area contributed by atoms with Crippen molar-refractivity contribution in [3.8, 4) is 0 Å². The minimum Gasteiger partial charge on any atom is -0.396 e. The van der Waals surface area contributed by atoms with E-state index >= 15 is 0 Å². The van der Waals surface area contributed by atoms with Crippen LogP contribution in [0.5, 0.6) is 0 Å². The van der Waals surface area contributed by atoms with E-state index in [0.29, 0.717) is 18.7 Å². The number of hydrogen-bond acceptors (Lipinski definition) is 4. The van der Waals surface area contributed by atoms with E-state index in [1.54, 1.807) is 4.90 Å². The number of amides is 1. The number of hydrogen-bond donors (Lipinski definition) is 2. The molecule has 0 bridgehead atoms. The Balaban J connectivity index is 2.14. The lowest BCUT2D eigenvalue weighted by Crippen LogP contribution is -2.29. The topological polar surface area (TPSA) is 60.8 Å². The Labute approximate surface area is 112 Å². The van der Waals surface area contributed by atoms with Gasteiger partial charge in [-0.15, -0.1) is 11.3 Å².